The third kappa shape index (κ3) is 3.50. The Bertz CT molecular complexity index is 384. The zero-order valence-corrected chi connectivity index (χ0v) is 11.4. The van der Waals surface area contributed by atoms with Crippen molar-refractivity contribution in [3.63, 3.8) is 0 Å². The minimum Gasteiger partial charge on any atom is -0.330 e. The van der Waals surface area contributed by atoms with Crippen molar-refractivity contribution >= 4 is 15.9 Å². The van der Waals surface area contributed by atoms with E-state index in [1.165, 1.54) is 18.9 Å². The minimum absolute atomic E-state index is 0.202. The lowest BCUT2D eigenvalue weighted by Gasteiger charge is -2.32. The predicted molar refractivity (Wildman–Crippen MR) is 71.2 cm³/mol. The summed E-state index contributed by atoms with van der Waals surface area (Å²) in [5, 5.41) is 0. The van der Waals surface area contributed by atoms with Gasteiger partial charge in [0, 0.05) is 13.1 Å². The molecule has 0 aliphatic carbocycles. The fourth-order valence-electron chi connectivity index (χ4n) is 2.38. The Balaban J connectivity index is 1.97. The van der Waals surface area contributed by atoms with Gasteiger partial charge in [-0.1, -0.05) is 6.07 Å². The number of rotatable bonds is 3. The average Bonchev–Trinajstić information content (AvgIpc) is 2.34. The van der Waals surface area contributed by atoms with Crippen LogP contribution in [0.1, 0.15) is 18.4 Å². The number of likely N-dealkylation sites (tertiary alicyclic amines) is 1. The first-order valence-electron chi connectivity index (χ1n) is 6.05. The van der Waals surface area contributed by atoms with Gasteiger partial charge in [0.05, 0.1) is 4.47 Å². The molecule has 1 aromatic carbocycles. The maximum atomic E-state index is 13.1. The van der Waals surface area contributed by atoms with Crippen LogP contribution in [0.5, 0.6) is 0 Å². The molecule has 17 heavy (non-hydrogen) atoms. The molecule has 2 N–H and O–H groups in total. The molecule has 2 nitrogen and oxygen atoms in total. The van der Waals surface area contributed by atoms with E-state index in [4.69, 9.17) is 5.73 Å². The maximum Gasteiger partial charge on any atom is 0.137 e. The van der Waals surface area contributed by atoms with Gasteiger partial charge in [0.1, 0.15) is 5.82 Å². The Kier molecular flexibility index (Phi) is 4.54. The first kappa shape index (κ1) is 13.0. The number of piperidine rings is 1. The maximum absolute atomic E-state index is 13.1. The molecular formula is C13H18BrFN2. The van der Waals surface area contributed by atoms with Gasteiger partial charge in [-0.2, -0.15) is 0 Å². The Morgan fingerprint density at radius 1 is 1.47 bits per heavy atom. The fraction of sp³-hybridized carbons (Fsp3) is 0.538. The molecule has 0 aromatic heterocycles. The number of hydrogen-bond donors (Lipinski definition) is 1. The molecule has 2 rings (SSSR count). The van der Waals surface area contributed by atoms with Gasteiger partial charge in [-0.05, 0) is 65.5 Å². The van der Waals surface area contributed by atoms with Crippen LogP contribution in [0.4, 0.5) is 4.39 Å². The molecule has 0 bridgehead atoms. The van der Waals surface area contributed by atoms with Crippen LogP contribution in [-0.4, -0.2) is 24.5 Å². The normalized spacial score (nSPS) is 21.7. The first-order chi connectivity index (χ1) is 8.19. The highest BCUT2D eigenvalue weighted by atomic mass is 79.9. The summed E-state index contributed by atoms with van der Waals surface area (Å²) in [6.45, 7) is 3.83. The molecule has 1 heterocycles. The highest BCUT2D eigenvalue weighted by molar-refractivity contribution is 9.10. The predicted octanol–water partition coefficient (Wildman–Crippen LogP) is 2.76. The number of nitrogens with zero attached hydrogens (tertiary/aromatic N) is 1. The zero-order chi connectivity index (χ0) is 12.3. The number of nitrogens with two attached hydrogens (primary N) is 1. The van der Waals surface area contributed by atoms with Crippen molar-refractivity contribution in [3.05, 3.63) is 34.1 Å². The third-order valence-electron chi connectivity index (χ3n) is 3.33. The summed E-state index contributed by atoms with van der Waals surface area (Å²) in [5.74, 6) is 0.417. The van der Waals surface area contributed by atoms with Gasteiger partial charge in [-0.25, -0.2) is 4.39 Å². The monoisotopic (exact) mass is 300 g/mol. The van der Waals surface area contributed by atoms with Crippen LogP contribution in [-0.2, 0) is 6.54 Å². The Morgan fingerprint density at radius 2 is 2.29 bits per heavy atom. The van der Waals surface area contributed by atoms with Gasteiger partial charge in [0.15, 0.2) is 0 Å². The second-order valence-electron chi connectivity index (χ2n) is 4.73. The van der Waals surface area contributed by atoms with Crippen LogP contribution < -0.4 is 5.73 Å². The van der Waals surface area contributed by atoms with Crippen molar-refractivity contribution in [1.29, 1.82) is 0 Å². The van der Waals surface area contributed by atoms with Crippen molar-refractivity contribution in [2.24, 2.45) is 11.7 Å². The number of halogens is 2. The summed E-state index contributed by atoms with van der Waals surface area (Å²) in [6.07, 6.45) is 2.45. The molecule has 0 amide bonds. The van der Waals surface area contributed by atoms with Gasteiger partial charge in [-0.3, -0.25) is 4.90 Å². The second kappa shape index (κ2) is 5.94. The van der Waals surface area contributed by atoms with E-state index in [0.717, 1.165) is 31.7 Å². The smallest absolute Gasteiger partial charge is 0.137 e. The average molecular weight is 301 g/mol. The quantitative estimate of drug-likeness (QED) is 0.930. The van der Waals surface area contributed by atoms with E-state index in [-0.39, 0.29) is 5.82 Å². The molecule has 94 valence electrons. The van der Waals surface area contributed by atoms with Crippen LogP contribution in [0, 0.1) is 11.7 Å². The van der Waals surface area contributed by atoms with E-state index in [0.29, 0.717) is 10.4 Å². The summed E-state index contributed by atoms with van der Waals surface area (Å²) in [6, 6.07) is 5.23. The van der Waals surface area contributed by atoms with Crippen molar-refractivity contribution in [2.45, 2.75) is 19.4 Å². The van der Waals surface area contributed by atoms with Crippen LogP contribution >= 0.6 is 15.9 Å². The van der Waals surface area contributed by atoms with Crippen molar-refractivity contribution in [2.75, 3.05) is 19.6 Å². The van der Waals surface area contributed by atoms with E-state index >= 15 is 0 Å². The fourth-order valence-corrected chi connectivity index (χ4v) is 2.81. The molecule has 0 saturated carbocycles. The van der Waals surface area contributed by atoms with E-state index in [9.17, 15) is 4.39 Å². The second-order valence-corrected chi connectivity index (χ2v) is 5.58. The zero-order valence-electron chi connectivity index (χ0n) is 9.83. The Labute approximate surface area is 110 Å². The van der Waals surface area contributed by atoms with E-state index in [2.05, 4.69) is 20.8 Å². The molecular weight excluding hydrogens is 283 g/mol. The number of benzene rings is 1. The van der Waals surface area contributed by atoms with Crippen LogP contribution in [0.15, 0.2) is 22.7 Å². The van der Waals surface area contributed by atoms with Gasteiger partial charge in [0.25, 0.3) is 0 Å². The summed E-state index contributed by atoms with van der Waals surface area (Å²) >= 11 is 3.22. The lowest BCUT2D eigenvalue weighted by Crippen LogP contribution is -2.37. The van der Waals surface area contributed by atoms with Gasteiger partial charge in [0.2, 0.25) is 0 Å². The molecule has 1 aliphatic heterocycles. The van der Waals surface area contributed by atoms with Crippen molar-refractivity contribution in [3.8, 4) is 0 Å². The molecule has 0 radical (unpaired) electrons. The Morgan fingerprint density at radius 3 is 3.00 bits per heavy atom. The van der Waals surface area contributed by atoms with Crippen molar-refractivity contribution in [1.82, 2.24) is 4.90 Å². The highest BCUT2D eigenvalue weighted by Gasteiger charge is 2.18. The SMILES string of the molecule is NC[C@@H]1CCCN(Cc2ccc(F)c(Br)c2)C1. The van der Waals surface area contributed by atoms with Crippen LogP contribution in [0.2, 0.25) is 0 Å². The van der Waals surface area contributed by atoms with Gasteiger partial charge in [-0.15, -0.1) is 0 Å². The first-order valence-corrected chi connectivity index (χ1v) is 6.84. The topological polar surface area (TPSA) is 29.3 Å². The standard InChI is InChI=1S/C13H18BrFN2/c14-12-6-10(3-4-13(12)15)8-17-5-1-2-11(7-16)9-17/h3-4,6,11H,1-2,5,7-9,16H2/t11-/m0/s1. The summed E-state index contributed by atoms with van der Waals surface area (Å²) in [7, 11) is 0. The molecule has 0 spiro atoms. The molecule has 1 fully saturated rings. The van der Waals surface area contributed by atoms with E-state index in [1.807, 2.05) is 12.1 Å². The lowest BCUT2D eigenvalue weighted by molar-refractivity contribution is 0.171. The van der Waals surface area contributed by atoms with Gasteiger partial charge >= 0.3 is 0 Å². The van der Waals surface area contributed by atoms with E-state index < -0.39 is 0 Å². The van der Waals surface area contributed by atoms with E-state index in [1.54, 1.807) is 0 Å². The summed E-state index contributed by atoms with van der Waals surface area (Å²) in [4.78, 5) is 2.40. The minimum atomic E-state index is -0.202. The molecule has 1 aliphatic rings. The largest absolute Gasteiger partial charge is 0.330 e. The van der Waals surface area contributed by atoms with Crippen LogP contribution in [0.25, 0.3) is 0 Å². The lowest BCUT2D eigenvalue weighted by atomic mass is 9.98. The molecule has 1 atom stereocenters. The van der Waals surface area contributed by atoms with Gasteiger partial charge < -0.3 is 5.73 Å². The highest BCUT2D eigenvalue weighted by Crippen LogP contribution is 2.21. The molecule has 0 unspecified atom stereocenters. The molecule has 4 heteroatoms. The summed E-state index contributed by atoms with van der Waals surface area (Å²) in [5.41, 5.74) is 6.87. The van der Waals surface area contributed by atoms with Crippen molar-refractivity contribution < 1.29 is 4.39 Å². The molecule has 1 saturated heterocycles. The Hall–Kier alpha value is -0.450. The number of hydrogen-bond acceptors (Lipinski definition) is 2. The third-order valence-corrected chi connectivity index (χ3v) is 3.93. The molecule has 1 aromatic rings. The van der Waals surface area contributed by atoms with Crippen LogP contribution in [0.3, 0.4) is 0 Å². The summed E-state index contributed by atoms with van der Waals surface area (Å²) < 4.78 is 13.7.